The number of rotatable bonds is 3. The van der Waals surface area contributed by atoms with Crippen LogP contribution in [0.25, 0.3) is 71.7 Å². The molecule has 35 heavy (non-hydrogen) atoms. The molecule has 2 aliphatic rings. The second-order valence-electron chi connectivity index (χ2n) is 11.2. The highest BCUT2D eigenvalue weighted by Gasteiger charge is 2.31. The van der Waals surface area contributed by atoms with Crippen LogP contribution in [0.4, 0.5) is 0 Å². The lowest BCUT2D eigenvalue weighted by Gasteiger charge is -2.27. The highest BCUT2D eigenvalue weighted by Crippen LogP contribution is 2.52. The molecule has 2 aliphatic heterocycles. The topological polar surface area (TPSA) is 26.3 Å². The van der Waals surface area contributed by atoms with Crippen LogP contribution in [0.5, 0.6) is 0 Å². The van der Waals surface area contributed by atoms with Crippen molar-refractivity contribution in [3.63, 3.8) is 0 Å². The van der Waals surface area contributed by atoms with Crippen molar-refractivity contribution in [2.24, 2.45) is 0 Å². The number of hydrogen-bond donors (Lipinski definition) is 0. The summed E-state index contributed by atoms with van der Waals surface area (Å²) in [6.45, 7) is 25.5. The summed E-state index contributed by atoms with van der Waals surface area (Å²) in [7, 11) is 0. The zero-order valence-electron chi connectivity index (χ0n) is 21.4. The quantitative estimate of drug-likeness (QED) is 0.195. The molecule has 0 amide bonds. The fourth-order valence-electron chi connectivity index (χ4n) is 5.41. The summed E-state index contributed by atoms with van der Waals surface area (Å²) >= 11 is 0. The van der Waals surface area contributed by atoms with E-state index in [0.29, 0.717) is 0 Å². The first-order valence-corrected chi connectivity index (χ1v) is 12.1. The third-order valence-electron chi connectivity index (χ3n) is 7.24. The first-order chi connectivity index (χ1) is 16.5. The molecule has 4 aromatic carbocycles. The number of hydrogen-bond acceptors (Lipinski definition) is 2. The highest BCUT2D eigenvalue weighted by atomic mass is 16.3. The predicted octanol–water partition coefficient (Wildman–Crippen LogP) is 10.4. The average Bonchev–Trinajstić information content (AvgIpc) is 2.78. The van der Waals surface area contributed by atoms with Crippen molar-refractivity contribution in [3.05, 3.63) is 78.4 Å². The Kier molecular flexibility index (Phi) is 4.27. The van der Waals surface area contributed by atoms with Crippen LogP contribution in [-0.2, 0) is 5.41 Å². The Morgan fingerprint density at radius 1 is 0.629 bits per heavy atom. The average molecular weight is 459 g/mol. The standard InChI is InChI=1S/C33H30O2/c1-16(2)19-10-21-12-23(18(5)6)31-29-27(21)26(15-19)35-32-24(33(7,8)9)13-22-11-20(17(3)4)14-25(34-31)28(22)30(29)32/h10-15H,1,3,5H2,2,4,6-9H3. The SMILES string of the molecule is C=C(C)c1cc2cc(C(=C)C)c3oc4cc(C(=C)C)cc5cc(C(C)(C)C)c6oc(c1)c2c3-c6c54. The Bertz CT molecular complexity index is 1840. The van der Waals surface area contributed by atoms with Gasteiger partial charge in [-0.3, -0.25) is 0 Å². The Balaban J connectivity index is 1.99. The van der Waals surface area contributed by atoms with Gasteiger partial charge in [0.25, 0.3) is 0 Å². The van der Waals surface area contributed by atoms with Crippen LogP contribution < -0.4 is 0 Å². The summed E-state index contributed by atoms with van der Waals surface area (Å²) in [5.74, 6) is 0. The van der Waals surface area contributed by atoms with Crippen molar-refractivity contribution in [1.29, 1.82) is 0 Å². The fraction of sp³-hybridized carbons (Fsp3) is 0.212. The molecule has 0 aliphatic carbocycles. The van der Waals surface area contributed by atoms with Crippen molar-refractivity contribution in [2.45, 2.75) is 47.0 Å². The molecule has 0 saturated heterocycles. The Morgan fingerprint density at radius 2 is 1.11 bits per heavy atom. The minimum absolute atomic E-state index is 0.119. The zero-order chi connectivity index (χ0) is 25.0. The van der Waals surface area contributed by atoms with Crippen molar-refractivity contribution in [2.75, 3.05) is 0 Å². The largest absolute Gasteiger partial charge is 0.456 e. The van der Waals surface area contributed by atoms with Gasteiger partial charge in [-0.15, -0.1) is 0 Å². The van der Waals surface area contributed by atoms with Gasteiger partial charge in [0, 0.05) is 33.0 Å². The van der Waals surface area contributed by atoms with E-state index in [9.17, 15) is 0 Å². The van der Waals surface area contributed by atoms with E-state index in [1.807, 2.05) is 20.8 Å². The summed E-state index contributed by atoms with van der Waals surface area (Å²) in [5, 5.41) is 4.45. The van der Waals surface area contributed by atoms with E-state index in [0.717, 1.165) is 88.4 Å². The summed E-state index contributed by atoms with van der Waals surface area (Å²) in [6.07, 6.45) is 0. The number of allylic oxidation sites excluding steroid dienone is 3. The fourth-order valence-corrected chi connectivity index (χ4v) is 5.41. The molecule has 0 fully saturated rings. The second-order valence-corrected chi connectivity index (χ2v) is 11.2. The van der Waals surface area contributed by atoms with Gasteiger partial charge < -0.3 is 8.83 Å². The van der Waals surface area contributed by atoms with Gasteiger partial charge in [-0.25, -0.2) is 0 Å². The van der Waals surface area contributed by atoms with E-state index in [1.165, 1.54) is 5.56 Å². The minimum atomic E-state index is -0.119. The molecule has 0 radical (unpaired) electrons. The van der Waals surface area contributed by atoms with Gasteiger partial charge in [-0.1, -0.05) is 51.7 Å². The van der Waals surface area contributed by atoms with Crippen molar-refractivity contribution in [3.8, 4) is 11.1 Å². The van der Waals surface area contributed by atoms with Gasteiger partial charge in [0.05, 0.1) is 0 Å². The van der Waals surface area contributed by atoms with Crippen LogP contribution in [0.3, 0.4) is 0 Å². The molecule has 0 N–H and O–H groups in total. The summed E-state index contributed by atoms with van der Waals surface area (Å²) in [4.78, 5) is 0. The molecular formula is C33H30O2. The van der Waals surface area contributed by atoms with Crippen LogP contribution in [0.15, 0.2) is 65.0 Å². The second kappa shape index (κ2) is 6.88. The molecule has 2 heterocycles. The Labute approximate surface area is 205 Å². The Morgan fingerprint density at radius 3 is 1.60 bits per heavy atom. The van der Waals surface area contributed by atoms with Crippen LogP contribution in [0.1, 0.15) is 63.8 Å². The van der Waals surface area contributed by atoms with E-state index in [2.05, 4.69) is 76.9 Å². The van der Waals surface area contributed by atoms with E-state index < -0.39 is 0 Å². The summed E-state index contributed by atoms with van der Waals surface area (Å²) in [5.41, 5.74) is 12.9. The molecule has 2 heteroatoms. The van der Waals surface area contributed by atoms with Crippen molar-refractivity contribution < 1.29 is 8.83 Å². The molecule has 0 unspecified atom stereocenters. The van der Waals surface area contributed by atoms with Crippen molar-refractivity contribution in [1.82, 2.24) is 0 Å². The monoisotopic (exact) mass is 458 g/mol. The summed E-state index contributed by atoms with van der Waals surface area (Å²) in [6, 6.07) is 13.1. The molecule has 0 saturated carbocycles. The maximum atomic E-state index is 6.83. The first-order valence-electron chi connectivity index (χ1n) is 12.1. The van der Waals surface area contributed by atoms with E-state index in [-0.39, 0.29) is 5.41 Å². The first kappa shape index (κ1) is 21.7. The molecule has 6 rings (SSSR count). The predicted molar refractivity (Wildman–Crippen MR) is 152 cm³/mol. The smallest absolute Gasteiger partial charge is 0.143 e. The molecule has 2 nitrogen and oxygen atoms in total. The molecule has 4 aromatic rings. The van der Waals surface area contributed by atoms with Gasteiger partial charge in [-0.05, 0) is 90.1 Å². The molecule has 0 aromatic heterocycles. The third kappa shape index (κ3) is 2.96. The highest BCUT2D eigenvalue weighted by molar-refractivity contribution is 6.25. The lowest BCUT2D eigenvalue weighted by molar-refractivity contribution is 0.569. The van der Waals surface area contributed by atoms with Crippen LogP contribution in [0.2, 0.25) is 0 Å². The van der Waals surface area contributed by atoms with Crippen LogP contribution in [0, 0.1) is 0 Å². The molecule has 174 valence electrons. The summed E-state index contributed by atoms with van der Waals surface area (Å²) < 4.78 is 13.6. The van der Waals surface area contributed by atoms with E-state index in [1.54, 1.807) is 0 Å². The van der Waals surface area contributed by atoms with Gasteiger partial charge in [0.15, 0.2) is 0 Å². The van der Waals surface area contributed by atoms with Crippen LogP contribution in [-0.4, -0.2) is 0 Å². The van der Waals surface area contributed by atoms with Gasteiger partial charge in [-0.2, -0.15) is 0 Å². The van der Waals surface area contributed by atoms with Gasteiger partial charge in [0.1, 0.15) is 22.3 Å². The van der Waals surface area contributed by atoms with Gasteiger partial charge in [0.2, 0.25) is 0 Å². The number of benzene rings is 4. The van der Waals surface area contributed by atoms with E-state index >= 15 is 0 Å². The maximum absolute atomic E-state index is 6.83. The third-order valence-corrected chi connectivity index (χ3v) is 7.24. The van der Waals surface area contributed by atoms with E-state index in [4.69, 9.17) is 8.83 Å². The maximum Gasteiger partial charge on any atom is 0.143 e. The minimum Gasteiger partial charge on any atom is -0.456 e. The lowest BCUT2D eigenvalue weighted by Crippen LogP contribution is -2.13. The van der Waals surface area contributed by atoms with Crippen molar-refractivity contribution >= 4 is 60.6 Å². The lowest BCUT2D eigenvalue weighted by atomic mass is 9.79. The zero-order valence-corrected chi connectivity index (χ0v) is 21.4. The Hall–Kier alpha value is -3.78. The normalized spacial score (nSPS) is 12.6. The molecule has 0 spiro atoms. The molecular weight excluding hydrogens is 428 g/mol. The molecule has 0 atom stereocenters. The molecule has 0 bridgehead atoms. The van der Waals surface area contributed by atoms with Gasteiger partial charge >= 0.3 is 0 Å². The van der Waals surface area contributed by atoms with Crippen LogP contribution >= 0.6 is 0 Å².